The van der Waals surface area contributed by atoms with E-state index in [0.717, 1.165) is 31.6 Å². The van der Waals surface area contributed by atoms with Crippen LogP contribution in [-0.2, 0) is 0 Å². The molecule has 104 valence electrons. The fourth-order valence-corrected chi connectivity index (χ4v) is 2.61. The summed E-state index contributed by atoms with van der Waals surface area (Å²) in [5, 5.41) is 9.29. The Morgan fingerprint density at radius 2 is 2.05 bits per heavy atom. The van der Waals surface area contributed by atoms with Gasteiger partial charge in [-0.3, -0.25) is 0 Å². The van der Waals surface area contributed by atoms with Gasteiger partial charge >= 0.3 is 5.97 Å². The molecule has 0 bridgehead atoms. The summed E-state index contributed by atoms with van der Waals surface area (Å²) < 4.78 is 0. The van der Waals surface area contributed by atoms with E-state index in [0.29, 0.717) is 11.7 Å². The highest BCUT2D eigenvalue weighted by atomic mass is 16.4. The molecule has 1 fully saturated rings. The minimum Gasteiger partial charge on any atom is -0.478 e. The van der Waals surface area contributed by atoms with Crippen LogP contribution in [0.1, 0.15) is 23.2 Å². The SMILES string of the molecule is CN1CCC(N(C)c2ccc(N)cc2C(=O)O)CC1. The van der Waals surface area contributed by atoms with Crippen molar-refractivity contribution in [3.8, 4) is 0 Å². The number of hydrogen-bond acceptors (Lipinski definition) is 4. The van der Waals surface area contributed by atoms with Gasteiger partial charge in [-0.1, -0.05) is 0 Å². The van der Waals surface area contributed by atoms with Gasteiger partial charge in [0.1, 0.15) is 0 Å². The van der Waals surface area contributed by atoms with Gasteiger partial charge in [-0.25, -0.2) is 4.79 Å². The number of benzene rings is 1. The molecular formula is C14H21N3O2. The largest absolute Gasteiger partial charge is 0.478 e. The zero-order valence-electron chi connectivity index (χ0n) is 11.5. The molecule has 0 saturated carbocycles. The molecule has 1 aromatic carbocycles. The highest BCUT2D eigenvalue weighted by molar-refractivity contribution is 5.95. The van der Waals surface area contributed by atoms with E-state index in [1.54, 1.807) is 12.1 Å². The number of carbonyl (C=O) groups is 1. The third-order valence-electron chi connectivity index (χ3n) is 3.87. The Bertz CT molecular complexity index is 468. The van der Waals surface area contributed by atoms with Gasteiger partial charge < -0.3 is 20.6 Å². The Labute approximate surface area is 113 Å². The zero-order valence-corrected chi connectivity index (χ0v) is 11.5. The molecule has 0 atom stereocenters. The van der Waals surface area contributed by atoms with Crippen LogP contribution in [0.2, 0.25) is 0 Å². The number of carboxylic acids is 1. The van der Waals surface area contributed by atoms with Gasteiger partial charge in [0.25, 0.3) is 0 Å². The smallest absolute Gasteiger partial charge is 0.337 e. The average Bonchev–Trinajstić information content (AvgIpc) is 2.38. The summed E-state index contributed by atoms with van der Waals surface area (Å²) in [5.74, 6) is -0.929. The predicted molar refractivity (Wildman–Crippen MR) is 76.7 cm³/mol. The van der Waals surface area contributed by atoms with E-state index in [1.165, 1.54) is 6.07 Å². The Balaban J connectivity index is 2.23. The van der Waals surface area contributed by atoms with E-state index < -0.39 is 5.97 Å². The summed E-state index contributed by atoms with van der Waals surface area (Å²) in [6, 6.07) is 5.48. The number of piperidine rings is 1. The molecule has 2 rings (SSSR count). The molecule has 19 heavy (non-hydrogen) atoms. The van der Waals surface area contributed by atoms with E-state index in [1.807, 2.05) is 7.05 Å². The van der Waals surface area contributed by atoms with Crippen molar-refractivity contribution < 1.29 is 9.90 Å². The van der Waals surface area contributed by atoms with Crippen LogP contribution in [0.4, 0.5) is 11.4 Å². The molecule has 1 aromatic rings. The second kappa shape index (κ2) is 5.48. The lowest BCUT2D eigenvalue weighted by Crippen LogP contribution is -2.42. The standard InChI is InChI=1S/C14H21N3O2/c1-16-7-5-11(6-8-16)17(2)13-4-3-10(15)9-12(13)14(18)19/h3-4,9,11H,5-8,15H2,1-2H3,(H,18,19). The Morgan fingerprint density at radius 1 is 1.42 bits per heavy atom. The van der Waals surface area contributed by atoms with Crippen LogP contribution >= 0.6 is 0 Å². The van der Waals surface area contributed by atoms with Crippen molar-refractivity contribution in [2.24, 2.45) is 0 Å². The van der Waals surface area contributed by atoms with Crippen LogP contribution < -0.4 is 10.6 Å². The third kappa shape index (κ3) is 2.98. The van der Waals surface area contributed by atoms with Crippen molar-refractivity contribution in [1.29, 1.82) is 0 Å². The van der Waals surface area contributed by atoms with Crippen molar-refractivity contribution in [2.45, 2.75) is 18.9 Å². The summed E-state index contributed by atoms with van der Waals surface area (Å²) in [5.41, 5.74) is 7.18. The maximum Gasteiger partial charge on any atom is 0.337 e. The number of nitrogen functional groups attached to an aromatic ring is 1. The van der Waals surface area contributed by atoms with Crippen LogP contribution in [-0.4, -0.2) is 49.2 Å². The first kappa shape index (κ1) is 13.7. The first-order chi connectivity index (χ1) is 8.99. The van der Waals surface area contributed by atoms with E-state index in [-0.39, 0.29) is 5.56 Å². The molecule has 5 nitrogen and oxygen atoms in total. The molecule has 1 aliphatic heterocycles. The van der Waals surface area contributed by atoms with Crippen molar-refractivity contribution in [1.82, 2.24) is 4.90 Å². The molecule has 0 amide bonds. The van der Waals surface area contributed by atoms with E-state index in [2.05, 4.69) is 16.8 Å². The Kier molecular flexibility index (Phi) is 3.95. The number of aromatic carboxylic acids is 1. The van der Waals surface area contributed by atoms with Crippen molar-refractivity contribution in [3.63, 3.8) is 0 Å². The number of rotatable bonds is 3. The maximum atomic E-state index is 11.3. The van der Waals surface area contributed by atoms with Gasteiger partial charge in [0, 0.05) is 18.8 Å². The lowest BCUT2D eigenvalue weighted by molar-refractivity contribution is 0.0697. The van der Waals surface area contributed by atoms with Crippen LogP contribution in [0, 0.1) is 0 Å². The first-order valence-electron chi connectivity index (χ1n) is 6.53. The zero-order chi connectivity index (χ0) is 14.0. The van der Waals surface area contributed by atoms with Gasteiger partial charge in [-0.2, -0.15) is 0 Å². The summed E-state index contributed by atoms with van der Waals surface area (Å²) in [6.45, 7) is 2.10. The minimum atomic E-state index is -0.929. The molecule has 1 saturated heterocycles. The fourth-order valence-electron chi connectivity index (χ4n) is 2.61. The summed E-state index contributed by atoms with van der Waals surface area (Å²) >= 11 is 0. The molecule has 0 radical (unpaired) electrons. The number of nitrogens with zero attached hydrogens (tertiary/aromatic N) is 2. The predicted octanol–water partition coefficient (Wildman–Crippen LogP) is 1.50. The molecule has 0 aromatic heterocycles. The van der Waals surface area contributed by atoms with Gasteiger partial charge in [0.05, 0.1) is 11.3 Å². The van der Waals surface area contributed by atoms with Gasteiger partial charge in [0.15, 0.2) is 0 Å². The summed E-state index contributed by atoms with van der Waals surface area (Å²) in [6.07, 6.45) is 2.10. The van der Waals surface area contributed by atoms with Crippen LogP contribution in [0.15, 0.2) is 18.2 Å². The lowest BCUT2D eigenvalue weighted by Gasteiger charge is -2.37. The van der Waals surface area contributed by atoms with Gasteiger partial charge in [0.2, 0.25) is 0 Å². The molecule has 1 aliphatic rings. The molecule has 5 heteroatoms. The number of anilines is 2. The van der Waals surface area contributed by atoms with Crippen LogP contribution in [0.25, 0.3) is 0 Å². The monoisotopic (exact) mass is 263 g/mol. The van der Waals surface area contributed by atoms with Crippen molar-refractivity contribution >= 4 is 17.3 Å². The Morgan fingerprint density at radius 3 is 2.63 bits per heavy atom. The maximum absolute atomic E-state index is 11.3. The number of likely N-dealkylation sites (tertiary alicyclic amines) is 1. The van der Waals surface area contributed by atoms with E-state index in [9.17, 15) is 9.90 Å². The van der Waals surface area contributed by atoms with Gasteiger partial charge in [-0.15, -0.1) is 0 Å². The van der Waals surface area contributed by atoms with Crippen molar-refractivity contribution in [3.05, 3.63) is 23.8 Å². The summed E-state index contributed by atoms with van der Waals surface area (Å²) in [4.78, 5) is 15.7. The van der Waals surface area contributed by atoms with Gasteiger partial charge in [-0.05, 0) is 51.2 Å². The van der Waals surface area contributed by atoms with E-state index >= 15 is 0 Å². The third-order valence-corrected chi connectivity index (χ3v) is 3.87. The Hall–Kier alpha value is -1.75. The number of nitrogens with two attached hydrogens (primary N) is 1. The molecule has 0 aliphatic carbocycles. The lowest BCUT2D eigenvalue weighted by atomic mass is 10.0. The summed E-state index contributed by atoms with van der Waals surface area (Å²) in [7, 11) is 4.08. The normalized spacial score (nSPS) is 17.4. The number of hydrogen-bond donors (Lipinski definition) is 2. The minimum absolute atomic E-state index is 0.279. The number of carboxylic acid groups (broad SMARTS) is 1. The quantitative estimate of drug-likeness (QED) is 0.809. The molecule has 0 spiro atoms. The topological polar surface area (TPSA) is 69.8 Å². The highest BCUT2D eigenvalue weighted by Gasteiger charge is 2.23. The van der Waals surface area contributed by atoms with E-state index in [4.69, 9.17) is 5.73 Å². The fraction of sp³-hybridized carbons (Fsp3) is 0.500. The highest BCUT2D eigenvalue weighted by Crippen LogP contribution is 2.27. The molecular weight excluding hydrogens is 242 g/mol. The van der Waals surface area contributed by atoms with Crippen LogP contribution in [0.3, 0.4) is 0 Å². The van der Waals surface area contributed by atoms with Crippen molar-refractivity contribution in [2.75, 3.05) is 37.8 Å². The van der Waals surface area contributed by atoms with Crippen LogP contribution in [0.5, 0.6) is 0 Å². The molecule has 3 N–H and O–H groups in total. The molecule has 0 unspecified atom stereocenters. The average molecular weight is 263 g/mol. The first-order valence-corrected chi connectivity index (χ1v) is 6.53. The second-order valence-corrected chi connectivity index (χ2v) is 5.23. The second-order valence-electron chi connectivity index (χ2n) is 5.23. The molecule has 1 heterocycles.